The van der Waals surface area contributed by atoms with Crippen molar-refractivity contribution in [2.24, 2.45) is 5.18 Å². The first-order chi connectivity index (χ1) is 12.3. The Morgan fingerprint density at radius 3 is 2.84 bits per heavy atom. The van der Waals surface area contributed by atoms with Gasteiger partial charge in [0.15, 0.2) is 11.9 Å². The third kappa shape index (κ3) is 2.98. The molecule has 1 atom stereocenters. The van der Waals surface area contributed by atoms with Crippen LogP contribution in [0.4, 0.5) is 5.69 Å². The predicted octanol–water partition coefficient (Wildman–Crippen LogP) is 3.75. The van der Waals surface area contributed by atoms with Crippen LogP contribution in [0.15, 0.2) is 59.9 Å². The average Bonchev–Trinajstić information content (AvgIpc) is 3.13. The van der Waals surface area contributed by atoms with E-state index in [-0.39, 0.29) is 5.75 Å². The van der Waals surface area contributed by atoms with E-state index in [9.17, 15) is 10.0 Å². The van der Waals surface area contributed by atoms with E-state index < -0.39 is 0 Å². The number of pyridine rings is 1. The quantitative estimate of drug-likeness (QED) is 0.739. The first kappa shape index (κ1) is 15.7. The van der Waals surface area contributed by atoms with E-state index in [1.807, 2.05) is 6.07 Å². The van der Waals surface area contributed by atoms with E-state index in [1.165, 1.54) is 5.56 Å². The molecule has 25 heavy (non-hydrogen) atoms. The Balaban J connectivity index is 1.59. The van der Waals surface area contributed by atoms with Crippen molar-refractivity contribution in [1.29, 1.82) is 0 Å². The van der Waals surface area contributed by atoms with Gasteiger partial charge in [0, 0.05) is 24.7 Å². The summed E-state index contributed by atoms with van der Waals surface area (Å²) in [5, 5.41) is 14.4. The fourth-order valence-electron chi connectivity index (χ4n) is 3.73. The zero-order valence-electron chi connectivity index (χ0n) is 13.9. The van der Waals surface area contributed by atoms with E-state index in [0.29, 0.717) is 29.1 Å². The summed E-state index contributed by atoms with van der Waals surface area (Å²) >= 11 is 0. The minimum Gasteiger partial charge on any atom is -0.502 e. The van der Waals surface area contributed by atoms with Crippen molar-refractivity contribution in [1.82, 2.24) is 4.90 Å². The Hall–Kier alpha value is -2.79. The molecular formula is C20H20N3O2+. The van der Waals surface area contributed by atoms with Crippen molar-refractivity contribution >= 4 is 16.6 Å². The number of rotatable bonds is 4. The molecule has 0 amide bonds. The molecule has 1 aliphatic rings. The Morgan fingerprint density at radius 1 is 1.20 bits per heavy atom. The summed E-state index contributed by atoms with van der Waals surface area (Å²) in [6, 6.07) is 15.8. The fraction of sp³-hybridized carbons (Fsp3) is 0.250. The maximum absolute atomic E-state index is 11.2. The van der Waals surface area contributed by atoms with Gasteiger partial charge < -0.3 is 5.11 Å². The van der Waals surface area contributed by atoms with Crippen LogP contribution in [-0.4, -0.2) is 23.1 Å². The molecule has 5 nitrogen and oxygen atoms in total. The molecule has 1 fully saturated rings. The van der Waals surface area contributed by atoms with Crippen molar-refractivity contribution < 1.29 is 10.1 Å². The molecule has 1 aromatic heterocycles. The smallest absolute Gasteiger partial charge is 0.255 e. The van der Waals surface area contributed by atoms with Gasteiger partial charge in [-0.15, -0.1) is 4.91 Å². The number of nitrogens with one attached hydrogen (secondary N) is 1. The number of nitroso groups, excluding NO2 is 1. The molecule has 1 aliphatic heterocycles. The highest BCUT2D eigenvalue weighted by Crippen LogP contribution is 2.35. The Labute approximate surface area is 145 Å². The number of benzene rings is 2. The fourth-order valence-corrected chi connectivity index (χ4v) is 3.73. The van der Waals surface area contributed by atoms with Crippen LogP contribution in [0.2, 0.25) is 0 Å². The number of aromatic amines is 1. The van der Waals surface area contributed by atoms with Crippen molar-refractivity contribution in [3.8, 4) is 5.75 Å². The minimum absolute atomic E-state index is 0.200. The molecule has 2 aromatic carbocycles. The summed E-state index contributed by atoms with van der Waals surface area (Å²) in [5.74, 6) is 0.713. The van der Waals surface area contributed by atoms with Gasteiger partial charge in [-0.25, -0.2) is 4.98 Å². The molecule has 4 rings (SSSR count). The summed E-state index contributed by atoms with van der Waals surface area (Å²) in [7, 11) is 0. The van der Waals surface area contributed by atoms with Gasteiger partial charge in [-0.05, 0) is 41.8 Å². The number of hydrogen-bond acceptors (Lipinski definition) is 4. The van der Waals surface area contributed by atoms with Gasteiger partial charge in [0.05, 0.1) is 5.39 Å². The van der Waals surface area contributed by atoms with E-state index in [2.05, 4.69) is 39.3 Å². The molecule has 0 bridgehead atoms. The second-order valence-electron chi connectivity index (χ2n) is 6.58. The molecule has 0 radical (unpaired) electrons. The number of nitrogens with zero attached hydrogens (tertiary/aromatic N) is 2. The number of phenolic OH excluding ortho intramolecular Hbond substituents is 1. The summed E-state index contributed by atoms with van der Waals surface area (Å²) in [4.78, 5) is 16.5. The molecule has 2 heterocycles. The highest BCUT2D eigenvalue weighted by Gasteiger charge is 2.26. The second kappa shape index (κ2) is 6.61. The molecule has 126 valence electrons. The van der Waals surface area contributed by atoms with Gasteiger partial charge >= 0.3 is 0 Å². The summed E-state index contributed by atoms with van der Waals surface area (Å²) < 4.78 is 0. The van der Waals surface area contributed by atoms with Crippen LogP contribution in [0.3, 0.4) is 0 Å². The first-order valence-corrected chi connectivity index (χ1v) is 8.52. The van der Waals surface area contributed by atoms with Gasteiger partial charge in [0.1, 0.15) is 5.69 Å². The molecule has 0 spiro atoms. The van der Waals surface area contributed by atoms with Crippen LogP contribution in [0.25, 0.3) is 10.9 Å². The van der Waals surface area contributed by atoms with Crippen LogP contribution in [0.1, 0.15) is 23.5 Å². The second-order valence-corrected chi connectivity index (χ2v) is 6.58. The number of likely N-dealkylation sites (tertiary alicyclic amines) is 1. The van der Waals surface area contributed by atoms with Crippen LogP contribution in [0.5, 0.6) is 5.75 Å². The number of phenols is 1. The Kier molecular flexibility index (Phi) is 4.15. The van der Waals surface area contributed by atoms with Crippen molar-refractivity contribution in [3.63, 3.8) is 0 Å². The Bertz CT molecular complexity index is 911. The number of H-pyrrole nitrogens is 1. The van der Waals surface area contributed by atoms with Crippen molar-refractivity contribution in [2.45, 2.75) is 18.9 Å². The third-order valence-corrected chi connectivity index (χ3v) is 5.02. The molecule has 0 saturated carbocycles. The largest absolute Gasteiger partial charge is 0.502 e. The number of aromatic nitrogens is 1. The van der Waals surface area contributed by atoms with Gasteiger partial charge in [-0.2, -0.15) is 0 Å². The van der Waals surface area contributed by atoms with Crippen molar-refractivity contribution in [3.05, 3.63) is 70.8 Å². The first-order valence-electron chi connectivity index (χ1n) is 8.52. The van der Waals surface area contributed by atoms with Crippen LogP contribution >= 0.6 is 0 Å². The van der Waals surface area contributed by atoms with Crippen molar-refractivity contribution in [2.75, 3.05) is 13.1 Å². The zero-order valence-corrected chi connectivity index (χ0v) is 13.9. The predicted molar refractivity (Wildman–Crippen MR) is 96.7 cm³/mol. The lowest BCUT2D eigenvalue weighted by Crippen LogP contribution is -2.20. The van der Waals surface area contributed by atoms with Crippen LogP contribution in [0, 0.1) is 4.91 Å². The minimum atomic E-state index is 0.200. The maximum Gasteiger partial charge on any atom is 0.255 e. The van der Waals surface area contributed by atoms with Gasteiger partial charge in [0.25, 0.3) is 5.52 Å². The van der Waals surface area contributed by atoms with E-state index >= 15 is 0 Å². The van der Waals surface area contributed by atoms with Crippen LogP contribution in [-0.2, 0) is 6.54 Å². The molecule has 2 N–H and O–H groups in total. The summed E-state index contributed by atoms with van der Waals surface area (Å²) in [5.41, 5.74) is 3.02. The molecule has 0 aliphatic carbocycles. The lowest BCUT2D eigenvalue weighted by Gasteiger charge is -2.17. The monoisotopic (exact) mass is 334 g/mol. The highest BCUT2D eigenvalue weighted by molar-refractivity contribution is 5.92. The molecule has 1 saturated heterocycles. The van der Waals surface area contributed by atoms with E-state index in [0.717, 1.165) is 25.1 Å². The number of aromatic hydroxyl groups is 1. The molecule has 3 aromatic rings. The standard InChI is InChI=1S/C20H19N3O2/c24-20-16(11-18(22-25)17-7-4-9-21-19(17)20)13-23-10-8-15(12-23)14-5-2-1-3-6-14/h1-7,9,11,15,24H,8,10,12-13H2/p+1. The summed E-state index contributed by atoms with van der Waals surface area (Å²) in [6.45, 7) is 2.53. The number of hydrogen-bond donors (Lipinski definition) is 1. The molecule has 1 unspecified atom stereocenters. The van der Waals surface area contributed by atoms with Gasteiger partial charge in [0.2, 0.25) is 0 Å². The Morgan fingerprint density at radius 2 is 2.04 bits per heavy atom. The van der Waals surface area contributed by atoms with E-state index in [1.54, 1.807) is 24.4 Å². The number of fused-ring (bicyclic) bond motifs is 1. The molecule has 5 heteroatoms. The lowest BCUT2D eigenvalue weighted by atomic mass is 9.99. The summed E-state index contributed by atoms with van der Waals surface area (Å²) in [6.07, 6.45) is 2.84. The lowest BCUT2D eigenvalue weighted by molar-refractivity contribution is -0.345. The van der Waals surface area contributed by atoms with E-state index in [4.69, 9.17) is 0 Å². The van der Waals surface area contributed by atoms with Gasteiger partial charge in [-0.1, -0.05) is 30.3 Å². The average molecular weight is 334 g/mol. The normalized spacial score (nSPS) is 17.8. The molecular weight excluding hydrogens is 314 g/mol. The topological polar surface area (TPSA) is 67.0 Å². The maximum atomic E-state index is 11.2. The zero-order chi connectivity index (χ0) is 17.2. The van der Waals surface area contributed by atoms with Crippen LogP contribution < -0.4 is 4.98 Å². The SMILES string of the molecule is O=Nc1cc(CN2CCC(c3ccccc3)C2)c(O)c2[nH+]cccc12. The van der Waals surface area contributed by atoms with Gasteiger partial charge in [-0.3, -0.25) is 4.90 Å². The highest BCUT2D eigenvalue weighted by atomic mass is 16.3. The third-order valence-electron chi connectivity index (χ3n) is 5.02.